The number of hydrogen-bond donors (Lipinski definition) is 2. The summed E-state index contributed by atoms with van der Waals surface area (Å²) < 4.78 is 39.8. The smallest absolute Gasteiger partial charge is 0.384 e. The fourth-order valence-corrected chi connectivity index (χ4v) is 1.45. The van der Waals surface area contributed by atoms with Gasteiger partial charge in [-0.1, -0.05) is 23.4 Å². The average molecular weight is 322 g/mol. The highest BCUT2D eigenvalue weighted by Crippen LogP contribution is 2.22. The molecular formula is C13H11ClF3NO3. The van der Waals surface area contributed by atoms with Crippen LogP contribution in [0, 0.1) is 11.8 Å². The molecule has 114 valence electrons. The molecule has 4 nitrogen and oxygen atoms in total. The second-order valence-corrected chi connectivity index (χ2v) is 4.22. The van der Waals surface area contributed by atoms with Crippen LogP contribution >= 0.6 is 11.6 Å². The maximum Gasteiger partial charge on any atom is 0.411 e. The number of aliphatic hydroxyl groups excluding tert-OH is 1. The minimum absolute atomic E-state index is 0.196. The normalized spacial score (nSPS) is 10.7. The SMILES string of the molecule is O=C(COCC(F)(F)F)Nc1cc(C#CCO)ccc1Cl. The van der Waals surface area contributed by atoms with Crippen LogP contribution in [0.2, 0.25) is 5.02 Å². The van der Waals surface area contributed by atoms with E-state index in [4.69, 9.17) is 16.7 Å². The summed E-state index contributed by atoms with van der Waals surface area (Å²) in [6.07, 6.45) is -4.49. The Bertz CT molecular complexity index is 564. The van der Waals surface area contributed by atoms with E-state index in [0.717, 1.165) is 0 Å². The van der Waals surface area contributed by atoms with Crippen molar-refractivity contribution in [3.8, 4) is 11.8 Å². The number of nitrogens with one attached hydrogen (secondary N) is 1. The first-order valence-electron chi connectivity index (χ1n) is 5.65. The molecule has 8 heteroatoms. The Morgan fingerprint density at radius 3 is 2.76 bits per heavy atom. The van der Waals surface area contributed by atoms with Crippen LogP contribution in [0.5, 0.6) is 0 Å². The van der Waals surface area contributed by atoms with E-state index in [1.54, 1.807) is 6.07 Å². The van der Waals surface area contributed by atoms with Gasteiger partial charge in [0, 0.05) is 5.56 Å². The zero-order valence-corrected chi connectivity index (χ0v) is 11.4. The standard InChI is InChI=1S/C13H11ClF3NO3/c14-10-4-3-9(2-1-5-19)6-11(10)18-12(20)7-21-8-13(15,16)17/h3-4,6,19H,5,7-8H2,(H,18,20). The Kier molecular flexibility index (Phi) is 6.49. The highest BCUT2D eigenvalue weighted by molar-refractivity contribution is 6.33. The van der Waals surface area contributed by atoms with Gasteiger partial charge in [0.05, 0.1) is 10.7 Å². The quantitative estimate of drug-likeness (QED) is 0.836. The largest absolute Gasteiger partial charge is 0.411 e. The van der Waals surface area contributed by atoms with E-state index in [2.05, 4.69) is 21.9 Å². The van der Waals surface area contributed by atoms with E-state index < -0.39 is 25.3 Å². The molecule has 0 radical (unpaired) electrons. The zero-order valence-electron chi connectivity index (χ0n) is 10.6. The van der Waals surface area contributed by atoms with Crippen molar-refractivity contribution in [2.75, 3.05) is 25.1 Å². The Hall–Kier alpha value is -1.75. The fraction of sp³-hybridized carbons (Fsp3) is 0.308. The molecule has 0 aliphatic heterocycles. The lowest BCUT2D eigenvalue weighted by Crippen LogP contribution is -2.24. The van der Waals surface area contributed by atoms with Crippen molar-refractivity contribution in [3.63, 3.8) is 0 Å². The van der Waals surface area contributed by atoms with Gasteiger partial charge < -0.3 is 15.2 Å². The molecule has 0 heterocycles. The molecule has 0 atom stereocenters. The molecule has 0 unspecified atom stereocenters. The monoisotopic (exact) mass is 321 g/mol. The summed E-state index contributed by atoms with van der Waals surface area (Å²) in [6.45, 7) is -2.58. The maximum atomic E-state index is 11.9. The highest BCUT2D eigenvalue weighted by atomic mass is 35.5. The summed E-state index contributed by atoms with van der Waals surface area (Å²) in [5.74, 6) is 4.25. The van der Waals surface area contributed by atoms with Crippen LogP contribution in [0.1, 0.15) is 5.56 Å². The maximum absolute atomic E-state index is 11.9. The lowest BCUT2D eigenvalue weighted by atomic mass is 10.2. The molecular weight excluding hydrogens is 311 g/mol. The molecule has 1 aromatic rings. The molecule has 1 aromatic carbocycles. The summed E-state index contributed by atoms with van der Waals surface area (Å²) >= 11 is 5.85. The first-order valence-corrected chi connectivity index (χ1v) is 6.03. The summed E-state index contributed by atoms with van der Waals surface area (Å²) in [5.41, 5.74) is 0.682. The van der Waals surface area contributed by atoms with Crippen molar-refractivity contribution >= 4 is 23.2 Å². The molecule has 0 saturated carbocycles. The summed E-state index contributed by atoms with van der Waals surface area (Å²) in [5, 5.41) is 11.1. The van der Waals surface area contributed by atoms with E-state index in [-0.39, 0.29) is 17.3 Å². The average Bonchev–Trinajstić information content (AvgIpc) is 2.38. The molecule has 2 N–H and O–H groups in total. The van der Waals surface area contributed by atoms with Gasteiger partial charge in [-0.15, -0.1) is 0 Å². The van der Waals surface area contributed by atoms with Gasteiger partial charge in [-0.2, -0.15) is 13.2 Å². The Morgan fingerprint density at radius 2 is 2.14 bits per heavy atom. The van der Waals surface area contributed by atoms with Gasteiger partial charge in [0.25, 0.3) is 0 Å². The number of aliphatic hydroxyl groups is 1. The molecule has 1 rings (SSSR count). The molecule has 0 fully saturated rings. The van der Waals surface area contributed by atoms with Gasteiger partial charge in [0.1, 0.15) is 19.8 Å². The zero-order chi connectivity index (χ0) is 15.9. The van der Waals surface area contributed by atoms with Gasteiger partial charge in [-0.05, 0) is 18.2 Å². The van der Waals surface area contributed by atoms with Gasteiger partial charge in [-0.25, -0.2) is 0 Å². The van der Waals surface area contributed by atoms with E-state index in [1.807, 2.05) is 0 Å². The van der Waals surface area contributed by atoms with Crippen molar-refractivity contribution in [2.24, 2.45) is 0 Å². The van der Waals surface area contributed by atoms with Crippen LogP contribution in [0.3, 0.4) is 0 Å². The molecule has 1 amide bonds. The number of alkyl halides is 3. The Morgan fingerprint density at radius 1 is 1.43 bits per heavy atom. The van der Waals surface area contributed by atoms with Gasteiger partial charge in [0.2, 0.25) is 5.91 Å². The van der Waals surface area contributed by atoms with E-state index in [9.17, 15) is 18.0 Å². The number of amides is 1. The third-order valence-electron chi connectivity index (χ3n) is 2.05. The predicted molar refractivity (Wildman–Crippen MR) is 70.9 cm³/mol. The number of benzene rings is 1. The number of halogens is 4. The van der Waals surface area contributed by atoms with Crippen molar-refractivity contribution in [2.45, 2.75) is 6.18 Å². The Labute approximate surface area is 123 Å². The van der Waals surface area contributed by atoms with Crippen molar-refractivity contribution in [3.05, 3.63) is 28.8 Å². The van der Waals surface area contributed by atoms with Crippen LogP contribution in [0.4, 0.5) is 18.9 Å². The van der Waals surface area contributed by atoms with Crippen molar-refractivity contribution in [1.82, 2.24) is 0 Å². The lowest BCUT2D eigenvalue weighted by Gasteiger charge is -2.09. The minimum atomic E-state index is -4.49. The second-order valence-electron chi connectivity index (χ2n) is 3.81. The topological polar surface area (TPSA) is 58.6 Å². The first-order chi connectivity index (χ1) is 9.81. The third-order valence-corrected chi connectivity index (χ3v) is 2.38. The van der Waals surface area contributed by atoms with Crippen LogP contribution in [-0.2, 0) is 9.53 Å². The van der Waals surface area contributed by atoms with Crippen LogP contribution in [0.25, 0.3) is 0 Å². The van der Waals surface area contributed by atoms with Crippen LogP contribution in [0.15, 0.2) is 18.2 Å². The number of carbonyl (C=O) groups is 1. The first kappa shape index (κ1) is 17.3. The highest BCUT2D eigenvalue weighted by Gasteiger charge is 2.27. The number of carbonyl (C=O) groups excluding carboxylic acids is 1. The third kappa shape index (κ3) is 6.99. The molecule has 0 saturated heterocycles. The minimum Gasteiger partial charge on any atom is -0.384 e. The molecule has 0 spiro atoms. The molecule has 0 bridgehead atoms. The van der Waals surface area contributed by atoms with E-state index in [0.29, 0.717) is 5.56 Å². The number of hydrogen-bond acceptors (Lipinski definition) is 3. The van der Waals surface area contributed by atoms with Crippen molar-refractivity contribution in [1.29, 1.82) is 0 Å². The molecule has 0 aliphatic carbocycles. The molecule has 0 aliphatic rings. The van der Waals surface area contributed by atoms with E-state index >= 15 is 0 Å². The predicted octanol–water partition coefficient (Wildman–Crippen LogP) is 2.20. The number of anilines is 1. The van der Waals surface area contributed by atoms with Crippen LogP contribution < -0.4 is 5.32 Å². The van der Waals surface area contributed by atoms with Gasteiger partial charge >= 0.3 is 6.18 Å². The number of rotatable bonds is 4. The second kappa shape index (κ2) is 7.88. The van der Waals surface area contributed by atoms with Gasteiger partial charge in [0.15, 0.2) is 0 Å². The Balaban J connectivity index is 2.63. The lowest BCUT2D eigenvalue weighted by molar-refractivity contribution is -0.174. The summed E-state index contributed by atoms with van der Waals surface area (Å²) in [7, 11) is 0. The van der Waals surface area contributed by atoms with Gasteiger partial charge in [-0.3, -0.25) is 4.79 Å². The van der Waals surface area contributed by atoms with E-state index in [1.165, 1.54) is 12.1 Å². The summed E-state index contributed by atoms with van der Waals surface area (Å²) in [6, 6.07) is 4.47. The summed E-state index contributed by atoms with van der Waals surface area (Å²) in [4.78, 5) is 11.4. The number of ether oxygens (including phenoxy) is 1. The molecule has 21 heavy (non-hydrogen) atoms. The molecule has 0 aromatic heterocycles. The fourth-order valence-electron chi connectivity index (χ4n) is 1.29. The van der Waals surface area contributed by atoms with Crippen molar-refractivity contribution < 1.29 is 27.8 Å². The van der Waals surface area contributed by atoms with Crippen LogP contribution in [-0.4, -0.2) is 37.0 Å².